The smallest absolute Gasteiger partial charge is 0.414 e. The molecule has 0 saturated heterocycles. The Hall–Kier alpha value is -1.65. The van der Waals surface area contributed by atoms with Gasteiger partial charge in [0, 0.05) is 5.25 Å². The Balaban J connectivity index is 2.55. The number of hydrogen-bond donors (Lipinski definition) is 2. The van der Waals surface area contributed by atoms with E-state index in [-0.39, 0.29) is 5.75 Å². The van der Waals surface area contributed by atoms with Crippen LogP contribution in [0.2, 0.25) is 0 Å². The van der Waals surface area contributed by atoms with Crippen molar-refractivity contribution < 1.29 is 27.8 Å². The van der Waals surface area contributed by atoms with E-state index < -0.39 is 51.9 Å². The highest BCUT2D eigenvalue weighted by Gasteiger charge is 2.66. The number of nitrogens with zero attached hydrogens (tertiary/aromatic N) is 1. The van der Waals surface area contributed by atoms with E-state index in [1.165, 1.54) is 12.1 Å². The molecule has 0 amide bonds. The molecule has 2 rings (SSSR count). The number of fused-ring (bicyclic) bond motifs is 1. The molecule has 0 spiro atoms. The first-order valence-electron chi connectivity index (χ1n) is 7.76. The summed E-state index contributed by atoms with van der Waals surface area (Å²) in [5.41, 5.74) is 0.356. The van der Waals surface area contributed by atoms with Crippen LogP contribution in [0.3, 0.4) is 0 Å². The molecule has 0 saturated carbocycles. The standard InChI is InChI=1S/C15H20F2N2O5S/c1-3-10(2)25(23)18-15(19(21)22)13(14(16,17)9-20)8-11-6-4-5-7-12(11)24-15/h4-7,10,13,18,20H,3,8-9H2,1-2H3/t10-,13?,15+,25?/m1/s1. The van der Waals surface area contributed by atoms with Crippen LogP contribution in [-0.4, -0.2) is 37.9 Å². The van der Waals surface area contributed by atoms with Gasteiger partial charge in [0.15, 0.2) is 5.92 Å². The minimum absolute atomic E-state index is 0.0674. The fourth-order valence-corrected chi connectivity index (χ4v) is 3.66. The number of hydrogen-bond acceptors (Lipinski definition) is 5. The van der Waals surface area contributed by atoms with Crippen LogP contribution in [0.15, 0.2) is 24.3 Å². The second-order valence-corrected chi connectivity index (χ2v) is 7.56. The van der Waals surface area contributed by atoms with Gasteiger partial charge in [-0.3, -0.25) is 10.1 Å². The van der Waals surface area contributed by atoms with Crippen molar-refractivity contribution in [3.05, 3.63) is 39.9 Å². The number of para-hydroxylation sites is 1. The van der Waals surface area contributed by atoms with Crippen LogP contribution in [-0.2, 0) is 17.4 Å². The van der Waals surface area contributed by atoms with E-state index in [4.69, 9.17) is 9.84 Å². The zero-order valence-electron chi connectivity index (χ0n) is 13.8. The predicted octanol–water partition coefficient (Wildman–Crippen LogP) is 1.85. The number of nitrogens with one attached hydrogen (secondary N) is 1. The monoisotopic (exact) mass is 378 g/mol. The fraction of sp³-hybridized carbons (Fsp3) is 0.600. The molecular weight excluding hydrogens is 358 g/mol. The summed E-state index contributed by atoms with van der Waals surface area (Å²) in [4.78, 5) is 10.7. The number of rotatable bonds is 7. The average Bonchev–Trinajstić information content (AvgIpc) is 2.59. The lowest BCUT2D eigenvalue weighted by Gasteiger charge is -2.40. The van der Waals surface area contributed by atoms with Crippen molar-refractivity contribution in [3.63, 3.8) is 0 Å². The third-order valence-corrected chi connectivity index (χ3v) is 5.87. The van der Waals surface area contributed by atoms with E-state index in [1.54, 1.807) is 26.0 Å². The van der Waals surface area contributed by atoms with Crippen LogP contribution < -0.4 is 9.46 Å². The minimum Gasteiger partial charge on any atom is -0.414 e. The van der Waals surface area contributed by atoms with Crippen LogP contribution in [0.5, 0.6) is 5.75 Å². The van der Waals surface area contributed by atoms with E-state index in [0.29, 0.717) is 12.0 Å². The first-order valence-corrected chi connectivity index (χ1v) is 8.97. The van der Waals surface area contributed by atoms with Crippen molar-refractivity contribution in [1.29, 1.82) is 0 Å². The highest BCUT2D eigenvalue weighted by Crippen LogP contribution is 2.43. The number of alkyl halides is 2. The molecule has 1 aliphatic heterocycles. The van der Waals surface area contributed by atoms with Crippen molar-refractivity contribution in [1.82, 2.24) is 4.72 Å². The van der Waals surface area contributed by atoms with Gasteiger partial charge in [0.05, 0.1) is 4.92 Å². The molecule has 0 fully saturated rings. The Morgan fingerprint density at radius 3 is 2.76 bits per heavy atom. The van der Waals surface area contributed by atoms with E-state index in [0.717, 1.165) is 0 Å². The molecule has 4 atom stereocenters. The van der Waals surface area contributed by atoms with Crippen molar-refractivity contribution in [2.24, 2.45) is 5.92 Å². The van der Waals surface area contributed by atoms with Crippen molar-refractivity contribution in [2.75, 3.05) is 6.61 Å². The number of nitro groups is 1. The lowest BCUT2D eigenvalue weighted by atomic mass is 9.86. The van der Waals surface area contributed by atoms with Gasteiger partial charge in [-0.05, 0) is 31.4 Å². The van der Waals surface area contributed by atoms with Gasteiger partial charge in [0.2, 0.25) is 0 Å². The topological polar surface area (TPSA) is 102 Å². The quantitative estimate of drug-likeness (QED) is 0.428. The van der Waals surface area contributed by atoms with Crippen LogP contribution in [0, 0.1) is 16.0 Å². The fourth-order valence-electron chi connectivity index (χ4n) is 2.60. The molecule has 1 heterocycles. The molecule has 25 heavy (non-hydrogen) atoms. The van der Waals surface area contributed by atoms with Gasteiger partial charge in [-0.1, -0.05) is 25.1 Å². The molecule has 0 bridgehead atoms. The first kappa shape index (κ1) is 19.7. The molecule has 1 aromatic carbocycles. The molecule has 10 heteroatoms. The van der Waals surface area contributed by atoms with Gasteiger partial charge in [0.25, 0.3) is 5.92 Å². The molecule has 2 N–H and O–H groups in total. The van der Waals surface area contributed by atoms with Gasteiger partial charge >= 0.3 is 5.85 Å². The Labute approximate surface area is 146 Å². The molecule has 1 aliphatic rings. The second kappa shape index (κ2) is 7.30. The molecule has 7 nitrogen and oxygen atoms in total. The first-order chi connectivity index (χ1) is 11.7. The summed E-state index contributed by atoms with van der Waals surface area (Å²) < 4.78 is 48.6. The SMILES string of the molecule is CC[C@@H](C)S(=O)N[C@@]1([N+](=O)[O-])Oc2ccccc2CC1C(F)(F)CO. The molecule has 0 aliphatic carbocycles. The summed E-state index contributed by atoms with van der Waals surface area (Å²) in [6.45, 7) is 1.71. The maximum Gasteiger partial charge on any atom is 0.446 e. The highest BCUT2D eigenvalue weighted by molar-refractivity contribution is 7.83. The Morgan fingerprint density at radius 2 is 2.20 bits per heavy atom. The van der Waals surface area contributed by atoms with Gasteiger partial charge in [-0.2, -0.15) is 0 Å². The maximum absolute atomic E-state index is 14.3. The summed E-state index contributed by atoms with van der Waals surface area (Å²) >= 11 is 0. The minimum atomic E-state index is -3.81. The summed E-state index contributed by atoms with van der Waals surface area (Å²) in [5, 5.41) is 20.3. The molecule has 1 aromatic rings. The van der Waals surface area contributed by atoms with Gasteiger partial charge < -0.3 is 9.84 Å². The third kappa shape index (κ3) is 3.65. The lowest BCUT2D eigenvalue weighted by molar-refractivity contribution is -0.640. The molecule has 140 valence electrons. The van der Waals surface area contributed by atoms with E-state index in [2.05, 4.69) is 4.72 Å². The molecule has 0 radical (unpaired) electrons. The summed E-state index contributed by atoms with van der Waals surface area (Å²) in [5.74, 6) is -8.59. The average molecular weight is 378 g/mol. The van der Waals surface area contributed by atoms with E-state index in [9.17, 15) is 23.1 Å². The Bertz CT molecular complexity index is 675. The largest absolute Gasteiger partial charge is 0.446 e. The van der Waals surface area contributed by atoms with Crippen LogP contribution in [0.4, 0.5) is 8.78 Å². The number of aliphatic hydroxyl groups is 1. The summed E-state index contributed by atoms with van der Waals surface area (Å²) in [7, 11) is -1.99. The van der Waals surface area contributed by atoms with E-state index >= 15 is 0 Å². The Morgan fingerprint density at radius 1 is 1.56 bits per heavy atom. The predicted molar refractivity (Wildman–Crippen MR) is 87.1 cm³/mol. The number of aliphatic hydroxyl groups excluding tert-OH is 1. The van der Waals surface area contributed by atoms with Crippen molar-refractivity contribution in [3.8, 4) is 5.75 Å². The Kier molecular flexibility index (Phi) is 5.75. The normalized spacial score (nSPS) is 25.6. The molecular formula is C15H20F2N2O5S. The van der Waals surface area contributed by atoms with Gasteiger partial charge in [-0.15, -0.1) is 4.72 Å². The maximum atomic E-state index is 14.3. The van der Waals surface area contributed by atoms with Crippen LogP contribution >= 0.6 is 0 Å². The number of benzene rings is 1. The summed E-state index contributed by atoms with van der Waals surface area (Å²) in [6.07, 6.45) is 0.0144. The van der Waals surface area contributed by atoms with Crippen molar-refractivity contribution >= 4 is 11.0 Å². The van der Waals surface area contributed by atoms with E-state index in [1.807, 2.05) is 0 Å². The molecule has 0 aromatic heterocycles. The highest BCUT2D eigenvalue weighted by atomic mass is 32.2. The lowest BCUT2D eigenvalue weighted by Crippen LogP contribution is -2.69. The zero-order chi connectivity index (χ0) is 18.8. The second-order valence-electron chi connectivity index (χ2n) is 5.96. The number of halogens is 2. The van der Waals surface area contributed by atoms with Crippen molar-refractivity contribution in [2.45, 2.75) is 43.7 Å². The summed E-state index contributed by atoms with van der Waals surface area (Å²) in [6, 6.07) is 6.10. The molecule has 2 unspecified atom stereocenters. The zero-order valence-corrected chi connectivity index (χ0v) is 14.6. The van der Waals surface area contributed by atoms with Gasteiger partial charge in [-0.25, -0.2) is 13.0 Å². The van der Waals surface area contributed by atoms with Crippen LogP contribution in [0.1, 0.15) is 25.8 Å². The van der Waals surface area contributed by atoms with Crippen LogP contribution in [0.25, 0.3) is 0 Å². The third-order valence-electron chi connectivity index (χ3n) is 4.31. The van der Waals surface area contributed by atoms with Gasteiger partial charge in [0.1, 0.15) is 23.3 Å². The number of ether oxygens (including phenoxy) is 1.